The fourth-order valence-electron chi connectivity index (χ4n) is 2.28. The van der Waals surface area contributed by atoms with Crippen LogP contribution in [-0.2, 0) is 4.74 Å². The van der Waals surface area contributed by atoms with Crippen molar-refractivity contribution in [2.24, 2.45) is 5.41 Å². The SMILES string of the molecule is CCOC(C(NC)c1ccc(Br)c(Cl)c1F)C(C)(C)C. The zero-order chi connectivity index (χ0) is 15.5. The lowest BCUT2D eigenvalue weighted by atomic mass is 9.82. The minimum Gasteiger partial charge on any atom is -0.376 e. The molecular formula is C15H22BrClFNO. The van der Waals surface area contributed by atoms with Crippen molar-refractivity contribution in [1.82, 2.24) is 5.32 Å². The van der Waals surface area contributed by atoms with Crippen molar-refractivity contribution < 1.29 is 9.13 Å². The van der Waals surface area contributed by atoms with Gasteiger partial charge in [-0.15, -0.1) is 0 Å². The van der Waals surface area contributed by atoms with E-state index in [0.29, 0.717) is 16.6 Å². The van der Waals surface area contributed by atoms with Gasteiger partial charge in [0.2, 0.25) is 0 Å². The normalized spacial score (nSPS) is 15.2. The summed E-state index contributed by atoms with van der Waals surface area (Å²) in [6, 6.07) is 3.24. The molecule has 0 aliphatic heterocycles. The Morgan fingerprint density at radius 3 is 2.45 bits per heavy atom. The Labute approximate surface area is 134 Å². The van der Waals surface area contributed by atoms with Crippen molar-refractivity contribution in [2.75, 3.05) is 13.7 Å². The number of hydrogen-bond acceptors (Lipinski definition) is 2. The topological polar surface area (TPSA) is 21.3 Å². The molecule has 0 saturated heterocycles. The summed E-state index contributed by atoms with van der Waals surface area (Å²) in [5.74, 6) is -0.408. The number of halogens is 3. The standard InChI is InChI=1S/C15H22BrClFNO/c1-6-20-14(15(2,3)4)13(19-5)9-7-8-10(16)11(17)12(9)18/h7-8,13-14,19H,6H2,1-5H3. The van der Waals surface area contributed by atoms with Crippen molar-refractivity contribution in [3.05, 3.63) is 33.0 Å². The van der Waals surface area contributed by atoms with Crippen LogP contribution in [0.25, 0.3) is 0 Å². The Morgan fingerprint density at radius 1 is 1.40 bits per heavy atom. The second-order valence-corrected chi connectivity index (χ2v) is 7.01. The van der Waals surface area contributed by atoms with Crippen LogP contribution in [0.5, 0.6) is 0 Å². The number of benzene rings is 1. The number of nitrogens with one attached hydrogen (secondary N) is 1. The number of likely N-dealkylation sites (N-methyl/N-ethyl adjacent to an activating group) is 1. The van der Waals surface area contributed by atoms with E-state index in [1.165, 1.54) is 0 Å². The zero-order valence-corrected chi connectivity index (χ0v) is 14.9. The highest BCUT2D eigenvalue weighted by molar-refractivity contribution is 9.10. The maximum Gasteiger partial charge on any atom is 0.147 e. The molecule has 1 N–H and O–H groups in total. The van der Waals surface area contributed by atoms with Crippen LogP contribution in [0.15, 0.2) is 16.6 Å². The summed E-state index contributed by atoms with van der Waals surface area (Å²) in [6.45, 7) is 8.75. The van der Waals surface area contributed by atoms with Crippen molar-refractivity contribution in [3.8, 4) is 0 Å². The number of hydrogen-bond donors (Lipinski definition) is 1. The number of ether oxygens (including phenoxy) is 1. The molecule has 0 aliphatic rings. The molecule has 0 heterocycles. The molecule has 2 unspecified atom stereocenters. The van der Waals surface area contributed by atoms with Crippen LogP contribution in [0, 0.1) is 11.2 Å². The highest BCUT2D eigenvalue weighted by Gasteiger charge is 2.35. The van der Waals surface area contributed by atoms with Crippen LogP contribution in [0.2, 0.25) is 5.02 Å². The van der Waals surface area contributed by atoms with Crippen LogP contribution in [-0.4, -0.2) is 19.8 Å². The van der Waals surface area contributed by atoms with Crippen molar-refractivity contribution in [3.63, 3.8) is 0 Å². The molecule has 0 aromatic heterocycles. The Bertz CT molecular complexity index is 462. The van der Waals surface area contributed by atoms with Gasteiger partial charge in [0.25, 0.3) is 0 Å². The molecule has 0 radical (unpaired) electrons. The summed E-state index contributed by atoms with van der Waals surface area (Å²) in [6.07, 6.45) is -0.163. The molecule has 1 aromatic carbocycles. The largest absolute Gasteiger partial charge is 0.376 e. The first-order chi connectivity index (χ1) is 9.23. The lowest BCUT2D eigenvalue weighted by molar-refractivity contribution is -0.0357. The van der Waals surface area contributed by atoms with E-state index < -0.39 is 5.82 Å². The Morgan fingerprint density at radius 2 is 2.00 bits per heavy atom. The average Bonchev–Trinajstić information content (AvgIpc) is 2.37. The summed E-state index contributed by atoms with van der Waals surface area (Å²) in [7, 11) is 1.80. The Balaban J connectivity index is 3.27. The zero-order valence-electron chi connectivity index (χ0n) is 12.6. The molecule has 0 fully saturated rings. The van der Waals surface area contributed by atoms with Crippen molar-refractivity contribution >= 4 is 27.5 Å². The molecule has 1 rings (SSSR count). The smallest absolute Gasteiger partial charge is 0.147 e. The third-order valence-corrected chi connectivity index (χ3v) is 4.47. The van der Waals surface area contributed by atoms with Crippen LogP contribution in [0.1, 0.15) is 39.3 Å². The molecule has 2 atom stereocenters. The quantitative estimate of drug-likeness (QED) is 0.744. The van der Waals surface area contributed by atoms with Crippen LogP contribution >= 0.6 is 27.5 Å². The Kier molecular flexibility index (Phi) is 6.45. The minimum absolute atomic E-state index is 0.104. The van der Waals surface area contributed by atoms with E-state index in [2.05, 4.69) is 42.0 Å². The van der Waals surface area contributed by atoms with Gasteiger partial charge in [-0.25, -0.2) is 4.39 Å². The second-order valence-electron chi connectivity index (χ2n) is 5.77. The molecule has 0 saturated carbocycles. The average molecular weight is 367 g/mol. The summed E-state index contributed by atoms with van der Waals surface area (Å²) >= 11 is 9.22. The predicted octanol–water partition coefficient (Wildman–Crippen LogP) is 4.95. The summed E-state index contributed by atoms with van der Waals surface area (Å²) < 4.78 is 20.8. The monoisotopic (exact) mass is 365 g/mol. The second kappa shape index (κ2) is 7.21. The van der Waals surface area contributed by atoms with Gasteiger partial charge in [0, 0.05) is 16.6 Å². The van der Waals surface area contributed by atoms with Gasteiger partial charge >= 0.3 is 0 Å². The van der Waals surface area contributed by atoms with E-state index in [4.69, 9.17) is 16.3 Å². The van der Waals surface area contributed by atoms with Gasteiger partial charge < -0.3 is 10.1 Å². The summed E-state index contributed by atoms with van der Waals surface area (Å²) in [5, 5.41) is 3.26. The van der Waals surface area contributed by atoms with E-state index in [9.17, 15) is 4.39 Å². The molecule has 114 valence electrons. The molecule has 20 heavy (non-hydrogen) atoms. The molecule has 0 spiro atoms. The molecule has 0 bridgehead atoms. The van der Waals surface area contributed by atoms with Gasteiger partial charge in [0.05, 0.1) is 17.2 Å². The molecule has 0 amide bonds. The van der Waals surface area contributed by atoms with Gasteiger partial charge in [-0.3, -0.25) is 0 Å². The predicted molar refractivity (Wildman–Crippen MR) is 85.8 cm³/mol. The van der Waals surface area contributed by atoms with Gasteiger partial charge in [-0.1, -0.05) is 38.4 Å². The van der Waals surface area contributed by atoms with Crippen molar-refractivity contribution in [2.45, 2.75) is 39.8 Å². The van der Waals surface area contributed by atoms with E-state index >= 15 is 0 Å². The van der Waals surface area contributed by atoms with E-state index in [1.54, 1.807) is 19.2 Å². The first-order valence-corrected chi connectivity index (χ1v) is 7.83. The van der Waals surface area contributed by atoms with E-state index in [0.717, 1.165) is 0 Å². The van der Waals surface area contributed by atoms with E-state index in [-0.39, 0.29) is 22.6 Å². The highest BCUT2D eigenvalue weighted by Crippen LogP contribution is 2.37. The fourth-order valence-corrected chi connectivity index (χ4v) is 2.76. The number of rotatable bonds is 5. The molecular weight excluding hydrogens is 345 g/mol. The van der Waals surface area contributed by atoms with Gasteiger partial charge in [0.1, 0.15) is 5.82 Å². The first-order valence-electron chi connectivity index (χ1n) is 6.66. The third kappa shape index (κ3) is 3.94. The molecule has 5 heteroatoms. The van der Waals surface area contributed by atoms with Crippen LogP contribution < -0.4 is 5.32 Å². The minimum atomic E-state index is -0.408. The van der Waals surface area contributed by atoms with Gasteiger partial charge in [-0.05, 0) is 41.4 Å². The fraction of sp³-hybridized carbons (Fsp3) is 0.600. The maximum absolute atomic E-state index is 14.4. The van der Waals surface area contributed by atoms with Crippen LogP contribution in [0.3, 0.4) is 0 Å². The highest BCUT2D eigenvalue weighted by atomic mass is 79.9. The van der Waals surface area contributed by atoms with Gasteiger partial charge in [-0.2, -0.15) is 0 Å². The van der Waals surface area contributed by atoms with E-state index in [1.807, 2.05) is 6.92 Å². The lowest BCUT2D eigenvalue weighted by Crippen LogP contribution is -2.41. The lowest BCUT2D eigenvalue weighted by Gasteiger charge is -2.37. The molecule has 2 nitrogen and oxygen atoms in total. The first kappa shape index (κ1) is 17.9. The molecule has 0 aliphatic carbocycles. The third-order valence-electron chi connectivity index (χ3n) is 3.21. The summed E-state index contributed by atoms with van der Waals surface area (Å²) in [5.41, 5.74) is 0.393. The van der Waals surface area contributed by atoms with Crippen molar-refractivity contribution in [1.29, 1.82) is 0 Å². The van der Waals surface area contributed by atoms with Crippen LogP contribution in [0.4, 0.5) is 4.39 Å². The maximum atomic E-state index is 14.4. The summed E-state index contributed by atoms with van der Waals surface area (Å²) in [4.78, 5) is 0. The molecule has 1 aromatic rings. The Hall–Kier alpha value is -0.160. The van der Waals surface area contributed by atoms with Gasteiger partial charge in [0.15, 0.2) is 0 Å².